The summed E-state index contributed by atoms with van der Waals surface area (Å²) in [6.07, 6.45) is 0.847. The maximum absolute atomic E-state index is 13.4. The van der Waals surface area contributed by atoms with Crippen LogP contribution in [0.25, 0.3) is 0 Å². The Morgan fingerprint density at radius 2 is 1.72 bits per heavy atom. The van der Waals surface area contributed by atoms with Gasteiger partial charge in [0, 0.05) is 12.1 Å². The minimum absolute atomic E-state index is 0.0326. The van der Waals surface area contributed by atoms with Crippen LogP contribution in [0.3, 0.4) is 0 Å². The van der Waals surface area contributed by atoms with Crippen molar-refractivity contribution < 1.29 is 9.59 Å². The van der Waals surface area contributed by atoms with E-state index in [-0.39, 0.29) is 23.8 Å². The number of rotatable bonds is 7. The van der Waals surface area contributed by atoms with Gasteiger partial charge in [0.25, 0.3) is 0 Å². The zero-order valence-corrected chi connectivity index (χ0v) is 18.6. The van der Waals surface area contributed by atoms with Crippen LogP contribution in [0.4, 0.5) is 0 Å². The van der Waals surface area contributed by atoms with Crippen LogP contribution in [-0.4, -0.2) is 28.3 Å². The highest BCUT2D eigenvalue weighted by atomic mass is 16.2. The van der Waals surface area contributed by atoms with Crippen molar-refractivity contribution in [3.8, 4) is 0 Å². The molecule has 2 rings (SSSR count). The Morgan fingerprint density at radius 1 is 1.03 bits per heavy atom. The van der Waals surface area contributed by atoms with Crippen LogP contribution in [0.15, 0.2) is 48.5 Å². The number of aryl methyl sites for hydroxylation is 2. The molecule has 0 aliphatic rings. The summed E-state index contributed by atoms with van der Waals surface area (Å²) in [6, 6.07) is 15.5. The number of hydrogen-bond donors (Lipinski definition) is 1. The summed E-state index contributed by atoms with van der Waals surface area (Å²) in [5.74, 6) is -0.138. The first-order valence-electron chi connectivity index (χ1n) is 10.3. The van der Waals surface area contributed by atoms with Crippen LogP contribution in [0, 0.1) is 13.8 Å². The molecule has 0 heterocycles. The van der Waals surface area contributed by atoms with Gasteiger partial charge < -0.3 is 10.2 Å². The highest BCUT2D eigenvalue weighted by Gasteiger charge is 2.30. The van der Waals surface area contributed by atoms with E-state index in [2.05, 4.69) is 5.32 Å². The summed E-state index contributed by atoms with van der Waals surface area (Å²) >= 11 is 0. The topological polar surface area (TPSA) is 49.4 Å². The first-order valence-corrected chi connectivity index (χ1v) is 10.3. The molecule has 156 valence electrons. The Balaban J connectivity index is 2.34. The molecule has 0 saturated heterocycles. The molecule has 4 nitrogen and oxygen atoms in total. The molecule has 0 spiro atoms. The summed E-state index contributed by atoms with van der Waals surface area (Å²) < 4.78 is 0. The van der Waals surface area contributed by atoms with E-state index in [0.717, 1.165) is 22.3 Å². The van der Waals surface area contributed by atoms with Gasteiger partial charge in [-0.2, -0.15) is 0 Å². The molecule has 0 radical (unpaired) electrons. The van der Waals surface area contributed by atoms with E-state index in [1.165, 1.54) is 0 Å². The van der Waals surface area contributed by atoms with Gasteiger partial charge in [-0.25, -0.2) is 0 Å². The van der Waals surface area contributed by atoms with Crippen LogP contribution >= 0.6 is 0 Å². The number of benzene rings is 2. The van der Waals surface area contributed by atoms with Crippen LogP contribution in [0.1, 0.15) is 56.4 Å². The molecule has 2 aromatic rings. The van der Waals surface area contributed by atoms with E-state index in [1.807, 2.05) is 90.1 Å². The number of nitrogens with zero attached hydrogens (tertiary/aromatic N) is 1. The fourth-order valence-electron chi connectivity index (χ4n) is 3.44. The number of carbonyl (C=O) groups excluding carboxylic acids is 2. The van der Waals surface area contributed by atoms with Gasteiger partial charge >= 0.3 is 0 Å². The fraction of sp³-hybridized carbons (Fsp3) is 0.440. The van der Waals surface area contributed by atoms with E-state index in [9.17, 15) is 9.59 Å². The zero-order valence-electron chi connectivity index (χ0n) is 18.6. The lowest BCUT2D eigenvalue weighted by Gasteiger charge is -2.33. The Morgan fingerprint density at radius 3 is 2.31 bits per heavy atom. The minimum atomic E-state index is -0.508. The average molecular weight is 395 g/mol. The molecule has 1 unspecified atom stereocenters. The molecule has 0 saturated carbocycles. The van der Waals surface area contributed by atoms with Crippen LogP contribution < -0.4 is 5.32 Å². The Hall–Kier alpha value is -2.62. The normalized spacial score (nSPS) is 12.3. The standard InChI is InChI=1S/C25H34N2O2/c1-7-22(24(29)26-25(4,5)6)27(17-21-14-9-8-12-19(21)3)23(28)16-20-13-10-11-18(2)15-20/h8-15,22H,7,16-17H2,1-6H3,(H,26,29). The molecule has 2 amide bonds. The van der Waals surface area contributed by atoms with Crippen molar-refractivity contribution in [3.05, 3.63) is 70.8 Å². The lowest BCUT2D eigenvalue weighted by atomic mass is 10.0. The van der Waals surface area contributed by atoms with Crippen molar-refractivity contribution in [2.75, 3.05) is 0 Å². The molecule has 0 aromatic heterocycles. The van der Waals surface area contributed by atoms with Crippen molar-refractivity contribution in [1.82, 2.24) is 10.2 Å². The summed E-state index contributed by atoms with van der Waals surface area (Å²) in [4.78, 5) is 28.1. The summed E-state index contributed by atoms with van der Waals surface area (Å²) in [7, 11) is 0. The van der Waals surface area contributed by atoms with Crippen molar-refractivity contribution in [1.29, 1.82) is 0 Å². The second-order valence-corrected chi connectivity index (χ2v) is 8.78. The smallest absolute Gasteiger partial charge is 0.243 e. The molecule has 29 heavy (non-hydrogen) atoms. The minimum Gasteiger partial charge on any atom is -0.350 e. The van der Waals surface area contributed by atoms with Gasteiger partial charge in [0.15, 0.2) is 0 Å². The summed E-state index contributed by atoms with van der Waals surface area (Å²) in [5, 5.41) is 3.05. The molecule has 0 aliphatic heterocycles. The zero-order chi connectivity index (χ0) is 21.6. The molecule has 0 bridgehead atoms. The second kappa shape index (κ2) is 9.73. The van der Waals surface area contributed by atoms with E-state index < -0.39 is 6.04 Å². The quantitative estimate of drug-likeness (QED) is 0.748. The summed E-state index contributed by atoms with van der Waals surface area (Å²) in [6.45, 7) is 12.3. The number of carbonyl (C=O) groups is 2. The number of nitrogens with one attached hydrogen (secondary N) is 1. The van der Waals surface area contributed by atoms with E-state index in [0.29, 0.717) is 13.0 Å². The van der Waals surface area contributed by atoms with Crippen molar-refractivity contribution in [3.63, 3.8) is 0 Å². The highest BCUT2D eigenvalue weighted by Crippen LogP contribution is 2.18. The Kier molecular flexibility index (Phi) is 7.60. The fourth-order valence-corrected chi connectivity index (χ4v) is 3.44. The first kappa shape index (κ1) is 22.7. The van der Waals surface area contributed by atoms with Crippen LogP contribution in [0.5, 0.6) is 0 Å². The maximum Gasteiger partial charge on any atom is 0.243 e. The lowest BCUT2D eigenvalue weighted by Crippen LogP contribution is -2.53. The predicted octanol–water partition coefficient (Wildman–Crippen LogP) is 4.57. The predicted molar refractivity (Wildman–Crippen MR) is 119 cm³/mol. The third-order valence-electron chi connectivity index (χ3n) is 4.92. The van der Waals surface area contributed by atoms with Crippen molar-refractivity contribution >= 4 is 11.8 Å². The van der Waals surface area contributed by atoms with Crippen LogP contribution in [0.2, 0.25) is 0 Å². The number of hydrogen-bond acceptors (Lipinski definition) is 2. The molecule has 2 aromatic carbocycles. The number of amides is 2. The van der Waals surface area contributed by atoms with Gasteiger partial charge in [0.2, 0.25) is 11.8 Å². The molecule has 4 heteroatoms. The van der Waals surface area contributed by atoms with Gasteiger partial charge in [-0.3, -0.25) is 9.59 Å². The average Bonchev–Trinajstić information content (AvgIpc) is 2.61. The molecule has 1 N–H and O–H groups in total. The molecule has 1 atom stereocenters. The van der Waals surface area contributed by atoms with Crippen molar-refractivity contribution in [2.24, 2.45) is 0 Å². The largest absolute Gasteiger partial charge is 0.350 e. The van der Waals surface area contributed by atoms with Crippen LogP contribution in [-0.2, 0) is 22.6 Å². The highest BCUT2D eigenvalue weighted by molar-refractivity contribution is 5.88. The Labute approximate surface area is 175 Å². The third kappa shape index (κ3) is 6.74. The Bertz CT molecular complexity index is 852. The van der Waals surface area contributed by atoms with Gasteiger partial charge in [0.1, 0.15) is 6.04 Å². The van der Waals surface area contributed by atoms with Gasteiger partial charge in [-0.1, -0.05) is 61.0 Å². The monoisotopic (exact) mass is 394 g/mol. The van der Waals surface area contributed by atoms with Gasteiger partial charge in [0.05, 0.1) is 6.42 Å². The SMILES string of the molecule is CCC(C(=O)NC(C)(C)C)N(Cc1ccccc1C)C(=O)Cc1cccc(C)c1. The maximum atomic E-state index is 13.4. The van der Waals surface area contributed by atoms with E-state index >= 15 is 0 Å². The second-order valence-electron chi connectivity index (χ2n) is 8.78. The molecular formula is C25H34N2O2. The summed E-state index contributed by atoms with van der Waals surface area (Å²) in [5.41, 5.74) is 3.92. The van der Waals surface area contributed by atoms with Gasteiger partial charge in [-0.15, -0.1) is 0 Å². The van der Waals surface area contributed by atoms with E-state index in [1.54, 1.807) is 4.90 Å². The van der Waals surface area contributed by atoms with Gasteiger partial charge in [-0.05, 0) is 57.7 Å². The van der Waals surface area contributed by atoms with Crippen molar-refractivity contribution in [2.45, 2.75) is 72.5 Å². The lowest BCUT2D eigenvalue weighted by molar-refractivity contribution is -0.141. The molecular weight excluding hydrogens is 360 g/mol. The first-order chi connectivity index (χ1) is 13.6. The van der Waals surface area contributed by atoms with E-state index in [4.69, 9.17) is 0 Å². The third-order valence-corrected chi connectivity index (χ3v) is 4.92. The molecule has 0 aliphatic carbocycles. The molecule has 0 fully saturated rings.